The molecule has 1 aromatic heterocycles. The number of aromatic nitrogens is 1. The molecule has 6 heteroatoms. The van der Waals surface area contributed by atoms with Crippen molar-refractivity contribution < 1.29 is 4.39 Å². The van der Waals surface area contributed by atoms with Crippen LogP contribution in [0.5, 0.6) is 0 Å². The fraction of sp³-hybridized carbons (Fsp3) is 0.583. The number of hydrogen-bond acceptors (Lipinski definition) is 5. The molecule has 2 bridgehead atoms. The molecule has 2 unspecified atom stereocenters. The summed E-state index contributed by atoms with van der Waals surface area (Å²) in [6.45, 7) is 5.34. The van der Waals surface area contributed by atoms with Crippen LogP contribution < -0.4 is 11.3 Å². The Bertz CT molecular complexity index is 419. The third-order valence-corrected chi connectivity index (χ3v) is 3.97. The number of rotatable bonds is 3. The second-order valence-electron chi connectivity index (χ2n) is 4.98. The fourth-order valence-corrected chi connectivity index (χ4v) is 3.00. The van der Waals surface area contributed by atoms with Crippen LogP contribution in [0.25, 0.3) is 0 Å². The largest absolute Gasteiger partial charge is 0.299 e. The van der Waals surface area contributed by atoms with Crippen LogP contribution >= 0.6 is 0 Å². The molecule has 5 nitrogen and oxygen atoms in total. The van der Waals surface area contributed by atoms with Crippen molar-refractivity contribution >= 4 is 0 Å². The predicted molar refractivity (Wildman–Crippen MR) is 66.1 cm³/mol. The molecule has 3 aliphatic rings. The average Bonchev–Trinajstić information content (AvgIpc) is 2.41. The van der Waals surface area contributed by atoms with Crippen LogP contribution in [0.15, 0.2) is 18.5 Å². The third kappa shape index (κ3) is 2.12. The summed E-state index contributed by atoms with van der Waals surface area (Å²) in [6, 6.07) is 1.73. The lowest BCUT2D eigenvalue weighted by Crippen LogP contribution is -2.64. The molecule has 4 heterocycles. The van der Waals surface area contributed by atoms with Crippen LogP contribution in [-0.4, -0.2) is 53.5 Å². The monoisotopic (exact) mass is 251 g/mol. The van der Waals surface area contributed by atoms with Gasteiger partial charge in [-0.3, -0.25) is 26.1 Å². The van der Waals surface area contributed by atoms with Crippen molar-refractivity contribution in [3.8, 4) is 0 Å². The highest BCUT2D eigenvalue weighted by Crippen LogP contribution is 2.26. The Morgan fingerprint density at radius 2 is 2.11 bits per heavy atom. The number of nitrogens with zero attached hydrogens (tertiary/aromatic N) is 3. The summed E-state index contributed by atoms with van der Waals surface area (Å²) in [5.41, 5.74) is 3.64. The van der Waals surface area contributed by atoms with Crippen molar-refractivity contribution in [2.75, 3.05) is 32.7 Å². The Balaban J connectivity index is 1.84. The highest BCUT2D eigenvalue weighted by Gasteiger charge is 2.37. The van der Waals surface area contributed by atoms with Gasteiger partial charge in [-0.2, -0.15) is 0 Å². The van der Waals surface area contributed by atoms with Gasteiger partial charge in [0, 0.05) is 45.0 Å². The van der Waals surface area contributed by atoms with Gasteiger partial charge in [0.25, 0.3) is 0 Å². The molecule has 18 heavy (non-hydrogen) atoms. The van der Waals surface area contributed by atoms with E-state index in [1.165, 1.54) is 12.3 Å². The summed E-state index contributed by atoms with van der Waals surface area (Å²) in [6.07, 6.45) is 2.90. The van der Waals surface area contributed by atoms with Crippen LogP contribution in [0.3, 0.4) is 0 Å². The third-order valence-electron chi connectivity index (χ3n) is 3.97. The van der Waals surface area contributed by atoms with E-state index in [2.05, 4.69) is 20.2 Å². The Kier molecular flexibility index (Phi) is 3.25. The normalized spacial score (nSPS) is 32.4. The molecule has 3 saturated heterocycles. The predicted octanol–water partition coefficient (Wildman–Crippen LogP) is -0.275. The maximum atomic E-state index is 13.3. The Hall–Kier alpha value is -1.08. The van der Waals surface area contributed by atoms with Crippen LogP contribution in [0.1, 0.15) is 11.6 Å². The smallest absolute Gasteiger partial charge is 0.141 e. The zero-order chi connectivity index (χ0) is 12.5. The quantitative estimate of drug-likeness (QED) is 0.572. The van der Waals surface area contributed by atoms with Gasteiger partial charge in [-0.05, 0) is 11.6 Å². The van der Waals surface area contributed by atoms with E-state index in [0.717, 1.165) is 38.3 Å². The molecule has 1 aromatic rings. The van der Waals surface area contributed by atoms with Gasteiger partial charge >= 0.3 is 0 Å². The topological polar surface area (TPSA) is 57.4 Å². The number of pyridine rings is 1. The molecule has 3 aliphatic heterocycles. The molecule has 0 spiro atoms. The van der Waals surface area contributed by atoms with E-state index in [1.807, 2.05) is 0 Å². The number of halogens is 1. The number of nitrogens with one attached hydrogen (secondary N) is 1. The van der Waals surface area contributed by atoms with Gasteiger partial charge in [0.1, 0.15) is 5.82 Å². The number of hydrazine groups is 1. The van der Waals surface area contributed by atoms with E-state index in [-0.39, 0.29) is 11.9 Å². The highest BCUT2D eigenvalue weighted by atomic mass is 19.1. The minimum atomic E-state index is -0.316. The lowest BCUT2D eigenvalue weighted by Gasteiger charge is -2.50. The lowest BCUT2D eigenvalue weighted by molar-refractivity contribution is -0.00378. The molecular formula is C12H18FN5. The van der Waals surface area contributed by atoms with Crippen molar-refractivity contribution in [3.05, 3.63) is 29.8 Å². The van der Waals surface area contributed by atoms with E-state index in [9.17, 15) is 4.39 Å². The maximum absolute atomic E-state index is 13.3. The van der Waals surface area contributed by atoms with E-state index in [1.54, 1.807) is 6.20 Å². The minimum Gasteiger partial charge on any atom is -0.299 e. The maximum Gasteiger partial charge on any atom is 0.141 e. The van der Waals surface area contributed by atoms with Crippen molar-refractivity contribution in [1.82, 2.24) is 20.2 Å². The first-order valence-corrected chi connectivity index (χ1v) is 6.31. The van der Waals surface area contributed by atoms with Gasteiger partial charge in [0.05, 0.1) is 12.2 Å². The average molecular weight is 251 g/mol. The first-order valence-electron chi connectivity index (χ1n) is 6.31. The summed E-state index contributed by atoms with van der Waals surface area (Å²) in [5, 5.41) is 0. The minimum absolute atomic E-state index is 0.0729. The summed E-state index contributed by atoms with van der Waals surface area (Å²) >= 11 is 0. The zero-order valence-electron chi connectivity index (χ0n) is 10.2. The molecule has 98 valence electrons. The number of piperazine rings is 3. The summed E-state index contributed by atoms with van der Waals surface area (Å²) in [5.74, 6) is 5.36. The van der Waals surface area contributed by atoms with Crippen molar-refractivity contribution in [2.45, 2.75) is 12.1 Å². The number of hydrogen-bond donors (Lipinski definition) is 2. The van der Waals surface area contributed by atoms with E-state index in [4.69, 9.17) is 5.84 Å². The van der Waals surface area contributed by atoms with Crippen LogP contribution in [0.2, 0.25) is 0 Å². The van der Waals surface area contributed by atoms with Gasteiger partial charge in [-0.1, -0.05) is 0 Å². The Morgan fingerprint density at radius 3 is 2.67 bits per heavy atom. The van der Waals surface area contributed by atoms with Crippen molar-refractivity contribution in [1.29, 1.82) is 0 Å². The SMILES string of the molecule is NNC(c1cncc(F)c1)C1CN2CCN1CC2. The lowest BCUT2D eigenvalue weighted by atomic mass is 9.95. The molecular weight excluding hydrogens is 233 g/mol. The molecule has 3 N–H and O–H groups in total. The van der Waals surface area contributed by atoms with Crippen LogP contribution in [0, 0.1) is 5.82 Å². The molecule has 0 aromatic carbocycles. The number of nitrogens with two attached hydrogens (primary N) is 1. The van der Waals surface area contributed by atoms with Crippen LogP contribution in [0.4, 0.5) is 4.39 Å². The standard InChI is InChI=1S/C12H18FN5/c13-10-5-9(6-15-7-10)12(16-14)11-8-17-1-3-18(11)4-2-17/h5-7,11-12,16H,1-4,8,14H2. The summed E-state index contributed by atoms with van der Waals surface area (Å²) in [7, 11) is 0. The van der Waals surface area contributed by atoms with E-state index in [0.29, 0.717) is 6.04 Å². The molecule has 0 radical (unpaired) electrons. The van der Waals surface area contributed by atoms with E-state index >= 15 is 0 Å². The molecule has 0 amide bonds. The molecule has 3 fully saturated rings. The Morgan fingerprint density at radius 1 is 1.33 bits per heavy atom. The molecule has 2 atom stereocenters. The second-order valence-corrected chi connectivity index (χ2v) is 4.98. The van der Waals surface area contributed by atoms with Gasteiger partial charge < -0.3 is 0 Å². The van der Waals surface area contributed by atoms with Gasteiger partial charge in [0.15, 0.2) is 0 Å². The fourth-order valence-electron chi connectivity index (χ4n) is 3.00. The van der Waals surface area contributed by atoms with Crippen LogP contribution in [-0.2, 0) is 0 Å². The van der Waals surface area contributed by atoms with Crippen molar-refractivity contribution in [2.24, 2.45) is 5.84 Å². The van der Waals surface area contributed by atoms with Gasteiger partial charge in [0.2, 0.25) is 0 Å². The summed E-state index contributed by atoms with van der Waals surface area (Å²) in [4.78, 5) is 8.77. The highest BCUT2D eigenvalue weighted by molar-refractivity contribution is 5.18. The number of fused-ring (bicyclic) bond motifs is 3. The van der Waals surface area contributed by atoms with E-state index < -0.39 is 0 Å². The molecule has 0 saturated carbocycles. The molecule has 4 rings (SSSR count). The Labute approximate surface area is 106 Å². The zero-order valence-corrected chi connectivity index (χ0v) is 10.2. The van der Waals surface area contributed by atoms with Gasteiger partial charge in [-0.25, -0.2) is 4.39 Å². The second kappa shape index (κ2) is 4.89. The van der Waals surface area contributed by atoms with Gasteiger partial charge in [-0.15, -0.1) is 0 Å². The first-order chi connectivity index (χ1) is 8.78. The van der Waals surface area contributed by atoms with Crippen molar-refractivity contribution in [3.63, 3.8) is 0 Å². The summed E-state index contributed by atoms with van der Waals surface area (Å²) < 4.78 is 13.3. The first kappa shape index (κ1) is 12.0. The molecule has 0 aliphatic carbocycles.